The fourth-order valence-electron chi connectivity index (χ4n) is 17.9. The molecule has 0 aliphatic heterocycles. The first-order valence-electron chi connectivity index (χ1n) is 89.0. The summed E-state index contributed by atoms with van der Waals surface area (Å²) in [6.45, 7) is 0. The summed E-state index contributed by atoms with van der Waals surface area (Å²) in [5.74, 6) is 0. The van der Waals surface area contributed by atoms with Gasteiger partial charge in [0.05, 0.1) is 123 Å². The molecule has 31 rings (SSSR count). The van der Waals surface area contributed by atoms with Crippen molar-refractivity contribution in [2.75, 3.05) is 0 Å². The molecule has 3 heteroatoms. The zero-order chi connectivity index (χ0) is 176. The van der Waals surface area contributed by atoms with Gasteiger partial charge in [-0.1, -0.05) is 477 Å². The van der Waals surface area contributed by atoms with E-state index in [-0.39, 0.29) is 0 Å². The van der Waals surface area contributed by atoms with Gasteiger partial charge in [0.1, 0.15) is 33.5 Å². The Morgan fingerprint density at radius 1 is 0.107 bits per heavy atom. The maximum absolute atomic E-state index is 9.73. The van der Waals surface area contributed by atoms with E-state index in [0.717, 1.165) is 0 Å². The van der Waals surface area contributed by atoms with E-state index in [4.69, 9.17) is 85.9 Å². The van der Waals surface area contributed by atoms with E-state index >= 15 is 0 Å². The summed E-state index contributed by atoms with van der Waals surface area (Å²) in [7, 11) is 0. The highest BCUT2D eigenvalue weighted by Gasteiger charge is 2.26. The van der Waals surface area contributed by atoms with Crippen LogP contribution in [0.1, 0.15) is 123 Å². The normalized spacial score (nSPS) is 20.2. The molecular weight excluding hydrogens is 1800 g/mol. The number of furan rings is 3. The van der Waals surface area contributed by atoms with E-state index in [2.05, 4.69) is 0 Å². The molecule has 3 nitrogen and oxygen atoms in total. The molecule has 0 fully saturated rings. The van der Waals surface area contributed by atoms with Gasteiger partial charge in [-0.2, -0.15) is 0 Å². The second-order valence-corrected chi connectivity index (χ2v) is 32.3. The Bertz CT molecular complexity index is 16500. The Morgan fingerprint density at radius 2 is 0.342 bits per heavy atom. The van der Waals surface area contributed by atoms with Gasteiger partial charge in [-0.3, -0.25) is 0 Å². The van der Waals surface area contributed by atoms with Crippen LogP contribution in [0.2, 0.25) is 0 Å². The molecule has 3 heterocycles. The quantitative estimate of drug-likeness (QED) is 0.0957. The number of fused-ring (bicyclic) bond motifs is 21. The highest BCUT2D eigenvalue weighted by Crippen LogP contribution is 2.53. The Hall–Kier alpha value is -19.6. The smallest absolute Gasteiger partial charge is 0.136 e. The molecule has 149 heavy (non-hydrogen) atoms. The molecule has 3 aromatic heterocycles. The minimum absolute atomic E-state index is 0.466. The molecule has 0 N–H and O–H groups in total. The highest BCUT2D eigenvalue weighted by molar-refractivity contribution is 6.28. The van der Waals surface area contributed by atoms with E-state index < -0.39 is 851 Å². The van der Waals surface area contributed by atoms with Crippen molar-refractivity contribution in [3.05, 3.63) is 544 Å². The summed E-state index contributed by atoms with van der Waals surface area (Å²) in [6.07, 6.45) is 0. The van der Waals surface area contributed by atoms with Gasteiger partial charge in [-0.15, -0.1) is 0 Å². The van der Waals surface area contributed by atoms with Crippen LogP contribution in [-0.4, -0.2) is 0 Å². The van der Waals surface area contributed by atoms with Gasteiger partial charge in [0, 0.05) is 32.3 Å². The van der Waals surface area contributed by atoms with Gasteiger partial charge >= 0.3 is 0 Å². The van der Waals surface area contributed by atoms with Crippen molar-refractivity contribution in [1.82, 2.24) is 0 Å². The van der Waals surface area contributed by atoms with Crippen LogP contribution >= 0.6 is 0 Å². The summed E-state index contributed by atoms with van der Waals surface area (Å²) >= 11 is 0. The molecule has 0 unspecified atom stereocenters. The van der Waals surface area contributed by atoms with Crippen LogP contribution in [0.15, 0.2) is 557 Å². The third-order valence-corrected chi connectivity index (χ3v) is 24.2. The van der Waals surface area contributed by atoms with Gasteiger partial charge in [0.15, 0.2) is 0 Å². The number of hydrogen-bond donors (Lipinski definition) is 0. The summed E-state index contributed by atoms with van der Waals surface area (Å²) in [5, 5.41) is -17.9. The van der Waals surface area contributed by atoms with Crippen LogP contribution in [-0.2, 0) is 0 Å². The van der Waals surface area contributed by atoms with Crippen molar-refractivity contribution in [2.24, 2.45) is 0 Å². The molecule has 0 radical (unpaired) electrons. The Balaban J connectivity index is 0.000000149. The van der Waals surface area contributed by atoms with Gasteiger partial charge in [-0.05, 0) is 307 Å². The molecule has 0 saturated heterocycles. The molecule has 0 saturated carbocycles. The molecule has 0 spiro atoms. The summed E-state index contributed by atoms with van der Waals surface area (Å²) in [6, 6.07) is -86.2. The van der Waals surface area contributed by atoms with E-state index in [1.54, 1.807) is 0 Å². The Kier molecular flexibility index (Phi) is 8.37. The third kappa shape index (κ3) is 14.7. The second-order valence-electron chi connectivity index (χ2n) is 32.3. The minimum Gasteiger partial charge on any atom is -0.456 e. The van der Waals surface area contributed by atoms with Crippen molar-refractivity contribution < 1.29 is 137 Å². The Morgan fingerprint density at radius 3 is 0.711 bits per heavy atom. The van der Waals surface area contributed by atoms with E-state index in [1.165, 1.54) is 0 Å². The first-order valence-corrected chi connectivity index (χ1v) is 44.0. The average molecular weight is 1980 g/mol. The zero-order valence-corrected chi connectivity index (χ0v) is 74.2. The summed E-state index contributed by atoms with van der Waals surface area (Å²) < 4.78 is 830. The van der Waals surface area contributed by atoms with Crippen molar-refractivity contribution in [3.63, 3.8) is 0 Å². The van der Waals surface area contributed by atoms with Crippen molar-refractivity contribution in [2.45, 2.75) is 0 Å². The van der Waals surface area contributed by atoms with Crippen molar-refractivity contribution in [3.8, 4) is 122 Å². The van der Waals surface area contributed by atoms with Crippen molar-refractivity contribution in [1.29, 1.82) is 0 Å². The molecular formula is C146H90O3. The highest BCUT2D eigenvalue weighted by atomic mass is 16.3. The predicted octanol–water partition coefficient (Wildman–Crippen LogP) is 41.8. The molecule has 0 atom stereocenters. The van der Waals surface area contributed by atoms with Gasteiger partial charge in [0.2, 0.25) is 0 Å². The Labute approximate surface area is 986 Å². The van der Waals surface area contributed by atoms with E-state index in [0.29, 0.717) is 0 Å². The SMILES string of the molecule is [2H]c1c([2H])c(-c2c([2H])c([2H])c([2H])c3oc4c([2H])c5c([2H])c([2H])c([2H])c([2H])c5c([2H])c4c23)c([2H])c([2H])c1-c1c2c([2H])c([2H])c([2H])c([2H])c2c(-c2c([2H])c([2H])c3c(c2[2H])c([2H])c([2H])c2c([2H])c([2H])c([2H])c([2H])c23)c2c([2H])c([2H])c([2H])c([2H])c12.[2H]c1c([2H])c([2H])c(-c2c([2H])c([2H])c([2H])c(-c3c4c([2H])c([2H])c([2H])c([2H])c4c(-c4c([2H])c([2H])c(-c5c([2H])c([2H])c([2H])c6oc7c([2H])c8c([2H])c([2H])c([2H])c([2H])c8c([2H])c7c56)c([2H])c4[2H])c4c([2H])c([2H])c([2H])c([2H])c34)c2[2H])c([2H])c1[2H].[2H]c1c([2H])c([2H])c(-c2c([2H])c([2H])c([2H])c([2H])c2-c2c3c([2H])c([2H])c([2H])c([2H])c3c(-c3c([2H])c([2H])c(-c4c([2H])c([2H])c([2H])c5oc6c([2H])c7c([2H])c([2H])c([2H])c([2H])c7c([2H])c6c45)c([2H])c3[2H])c3c([2H])c([2H])c([2H])c([2H])c23)c([2H])c1[2H]. The van der Waals surface area contributed by atoms with E-state index in [9.17, 15) is 50.7 Å². The van der Waals surface area contributed by atoms with Gasteiger partial charge in [0.25, 0.3) is 0 Å². The van der Waals surface area contributed by atoms with Crippen LogP contribution in [0, 0.1) is 0 Å². The monoisotopic (exact) mass is 1980 g/mol. The molecule has 0 aliphatic carbocycles. The van der Waals surface area contributed by atoms with Crippen molar-refractivity contribution >= 4 is 184 Å². The molecule has 0 amide bonds. The van der Waals surface area contributed by atoms with Crippen LogP contribution in [0.5, 0.6) is 0 Å². The van der Waals surface area contributed by atoms with E-state index in [1.807, 2.05) is 0 Å². The largest absolute Gasteiger partial charge is 0.456 e. The minimum atomic E-state index is -1.15. The first-order chi connectivity index (χ1) is 111. The van der Waals surface area contributed by atoms with Crippen LogP contribution in [0.25, 0.3) is 307 Å². The van der Waals surface area contributed by atoms with Gasteiger partial charge in [-0.25, -0.2) is 0 Å². The number of benzene rings is 28. The molecule has 0 aliphatic rings. The summed E-state index contributed by atoms with van der Waals surface area (Å²) in [5.41, 5.74) is -21.8. The number of hydrogen-bond acceptors (Lipinski definition) is 3. The zero-order valence-electron chi connectivity index (χ0n) is 164. The first kappa shape index (κ1) is 34.9. The molecule has 692 valence electrons. The number of rotatable bonds is 11. The standard InChI is InChI=1S/C50H30O.2C48H30O/c1-2-12-35-30-47-45(29-34(35)11-1)50-40(18-9-19-46(50)51-47)32-20-23-33(24-21-32)48-41-14-5-7-16-43(41)49(44-17-8-6-15-42(44)48)37-26-27-39-36(28-37)25-22-31-10-3-4-13-38(31)39;1-2-12-31(13-3-1)34-16-10-17-37(28-34)47-41-20-8-6-18-39(41)46(40-19-7-9-21-42(40)47)33-26-24-32(25-27-33)38-22-11-23-44-48(38)43-29-35-14-4-5-15-36(35)30-45(43)49-44;1-2-13-31(14-3-1)36-17-6-7-18-38(36)47-41-21-10-8-19-39(41)46(40-20-9-11-22-42(40)47)33-27-25-32(26-28-33)37-23-12-24-44-48(37)43-29-34-15-4-5-16-35(34)30-45(43)49-44/h1-30H;2*1-30H/i3*1D,2D,3D,4D,5D,6D,7D,8D,9D,10D,11D,12D,13D,14D,15D,16D,17D,18D,19D,20D,21D,22D,23D,24D,25D,26D,27D,28D,29D,30D. The predicted molar refractivity (Wildman–Crippen MR) is 634 cm³/mol. The lowest BCUT2D eigenvalue weighted by atomic mass is 9.83. The lowest BCUT2D eigenvalue weighted by molar-refractivity contribution is 0.669. The maximum atomic E-state index is 9.73. The van der Waals surface area contributed by atoms with Crippen LogP contribution < -0.4 is 0 Å². The summed E-state index contributed by atoms with van der Waals surface area (Å²) in [4.78, 5) is 0. The second kappa shape index (κ2) is 35.8. The van der Waals surface area contributed by atoms with Crippen LogP contribution in [0.3, 0.4) is 0 Å². The molecule has 31 aromatic rings. The maximum Gasteiger partial charge on any atom is 0.136 e. The van der Waals surface area contributed by atoms with Gasteiger partial charge < -0.3 is 13.3 Å². The lowest BCUT2D eigenvalue weighted by Gasteiger charge is -2.20. The lowest BCUT2D eigenvalue weighted by Crippen LogP contribution is -1.92. The fourth-order valence-corrected chi connectivity index (χ4v) is 17.9. The van der Waals surface area contributed by atoms with Crippen LogP contribution in [0.4, 0.5) is 0 Å². The molecule has 28 aromatic carbocycles. The topological polar surface area (TPSA) is 39.4 Å². The average Bonchev–Trinajstić information content (AvgIpc) is 1.46. The fraction of sp³-hybridized carbons (Fsp3) is 0. The third-order valence-electron chi connectivity index (χ3n) is 24.2. The molecule has 0 bridgehead atoms.